The molecule has 1 fully saturated rings. The van der Waals surface area contributed by atoms with Crippen LogP contribution in [-0.2, 0) is 11.3 Å². The van der Waals surface area contributed by atoms with E-state index in [0.29, 0.717) is 42.6 Å². The van der Waals surface area contributed by atoms with Crippen LogP contribution in [0.4, 0.5) is 0 Å². The van der Waals surface area contributed by atoms with Crippen LogP contribution in [0.25, 0.3) is 10.9 Å². The van der Waals surface area contributed by atoms with Crippen LogP contribution in [0.3, 0.4) is 0 Å². The van der Waals surface area contributed by atoms with Crippen molar-refractivity contribution in [2.24, 2.45) is 5.92 Å². The molecule has 3 rings (SSSR count). The lowest BCUT2D eigenvalue weighted by atomic mass is 10.1. The number of carbonyl (C=O) groups excluding carboxylic acids is 2. The summed E-state index contributed by atoms with van der Waals surface area (Å²) in [5.41, 5.74) is 2.40. The van der Waals surface area contributed by atoms with Gasteiger partial charge in [-0.25, -0.2) is 0 Å². The SMILES string of the molecule is COc1cc2c(C)c(C(=O)N(C)CCC(C)C)n(CCC(=O)NC3CCCCCC3)c2cc1OC. The first-order chi connectivity index (χ1) is 16.8. The maximum absolute atomic E-state index is 13.6. The molecule has 1 saturated carbocycles. The van der Waals surface area contributed by atoms with E-state index in [2.05, 4.69) is 19.2 Å². The smallest absolute Gasteiger partial charge is 0.270 e. The van der Waals surface area contributed by atoms with Gasteiger partial charge in [0.1, 0.15) is 5.69 Å². The van der Waals surface area contributed by atoms with E-state index in [0.717, 1.165) is 35.7 Å². The molecule has 0 aliphatic heterocycles. The Labute approximate surface area is 210 Å². The first-order valence-electron chi connectivity index (χ1n) is 13.1. The van der Waals surface area contributed by atoms with Gasteiger partial charge in [-0.1, -0.05) is 39.5 Å². The maximum atomic E-state index is 13.6. The van der Waals surface area contributed by atoms with Crippen molar-refractivity contribution in [2.75, 3.05) is 27.8 Å². The summed E-state index contributed by atoms with van der Waals surface area (Å²) in [7, 11) is 5.07. The minimum Gasteiger partial charge on any atom is -0.493 e. The topological polar surface area (TPSA) is 72.8 Å². The Kier molecular flexibility index (Phi) is 9.47. The normalized spacial score (nSPS) is 14.7. The summed E-state index contributed by atoms with van der Waals surface area (Å²) >= 11 is 0. The highest BCUT2D eigenvalue weighted by atomic mass is 16.5. The van der Waals surface area contributed by atoms with Gasteiger partial charge in [0, 0.05) is 44.1 Å². The molecule has 2 amide bonds. The Bertz CT molecular complexity index is 1020. The van der Waals surface area contributed by atoms with Crippen LogP contribution in [0.5, 0.6) is 11.5 Å². The molecule has 1 aliphatic rings. The molecule has 2 aromatic rings. The fraction of sp³-hybridized carbons (Fsp3) is 0.643. The van der Waals surface area contributed by atoms with Crippen molar-refractivity contribution in [1.82, 2.24) is 14.8 Å². The zero-order chi connectivity index (χ0) is 25.5. The zero-order valence-corrected chi connectivity index (χ0v) is 22.4. The molecule has 1 aromatic heterocycles. The lowest BCUT2D eigenvalue weighted by molar-refractivity contribution is -0.122. The van der Waals surface area contributed by atoms with Gasteiger partial charge in [-0.05, 0) is 43.7 Å². The van der Waals surface area contributed by atoms with E-state index in [1.54, 1.807) is 19.1 Å². The van der Waals surface area contributed by atoms with Crippen LogP contribution in [0.15, 0.2) is 12.1 Å². The number of hydrogen-bond acceptors (Lipinski definition) is 4. The number of nitrogens with zero attached hydrogens (tertiary/aromatic N) is 2. The summed E-state index contributed by atoms with van der Waals surface area (Å²) in [5.74, 6) is 1.76. The highest BCUT2D eigenvalue weighted by Crippen LogP contribution is 2.36. The molecular formula is C28H43N3O4. The summed E-state index contributed by atoms with van der Waals surface area (Å²) in [5, 5.41) is 4.17. The van der Waals surface area contributed by atoms with Crippen molar-refractivity contribution in [1.29, 1.82) is 0 Å². The molecule has 7 heteroatoms. The van der Waals surface area contributed by atoms with Gasteiger partial charge in [0.2, 0.25) is 5.91 Å². The number of aryl methyl sites for hydroxylation is 2. The van der Waals surface area contributed by atoms with Crippen molar-refractivity contribution in [3.63, 3.8) is 0 Å². The van der Waals surface area contributed by atoms with Crippen molar-refractivity contribution in [3.05, 3.63) is 23.4 Å². The van der Waals surface area contributed by atoms with Gasteiger partial charge < -0.3 is 24.3 Å². The number of carbonyl (C=O) groups is 2. The van der Waals surface area contributed by atoms with E-state index < -0.39 is 0 Å². The van der Waals surface area contributed by atoms with Gasteiger partial charge in [-0.2, -0.15) is 0 Å². The third-order valence-electron chi connectivity index (χ3n) is 7.20. The molecule has 1 heterocycles. The molecule has 0 radical (unpaired) electrons. The number of nitrogens with one attached hydrogen (secondary N) is 1. The molecule has 0 spiro atoms. The number of amides is 2. The van der Waals surface area contributed by atoms with Crippen LogP contribution >= 0.6 is 0 Å². The molecule has 1 N–H and O–H groups in total. The standard InChI is InChI=1S/C28H43N3O4/c1-19(2)13-15-30(4)28(33)27-20(3)22-17-24(34-5)25(35-6)18-23(22)31(27)16-14-26(32)29-21-11-9-7-8-10-12-21/h17-19,21H,7-16H2,1-6H3,(H,29,32). The second kappa shape index (κ2) is 12.3. The lowest BCUT2D eigenvalue weighted by Crippen LogP contribution is -2.35. The molecule has 0 atom stereocenters. The van der Waals surface area contributed by atoms with Gasteiger partial charge in [0.05, 0.1) is 19.7 Å². The van der Waals surface area contributed by atoms with Gasteiger partial charge in [-0.15, -0.1) is 0 Å². The lowest BCUT2D eigenvalue weighted by Gasteiger charge is -2.21. The molecule has 0 unspecified atom stereocenters. The molecule has 35 heavy (non-hydrogen) atoms. The van der Waals surface area contributed by atoms with E-state index in [4.69, 9.17) is 9.47 Å². The maximum Gasteiger partial charge on any atom is 0.270 e. The van der Waals surface area contributed by atoms with Crippen molar-refractivity contribution < 1.29 is 19.1 Å². The van der Waals surface area contributed by atoms with E-state index in [1.807, 2.05) is 30.7 Å². The van der Waals surface area contributed by atoms with E-state index in [1.165, 1.54) is 25.7 Å². The van der Waals surface area contributed by atoms with Gasteiger partial charge in [-0.3, -0.25) is 9.59 Å². The molecule has 194 valence electrons. The number of aromatic nitrogens is 1. The molecule has 1 aromatic carbocycles. The minimum atomic E-state index is -0.0264. The summed E-state index contributed by atoms with van der Waals surface area (Å²) in [4.78, 5) is 28.3. The Morgan fingerprint density at radius 1 is 1.09 bits per heavy atom. The Morgan fingerprint density at radius 3 is 2.31 bits per heavy atom. The predicted octanol–water partition coefficient (Wildman–Crippen LogP) is 5.31. The van der Waals surface area contributed by atoms with Crippen LogP contribution < -0.4 is 14.8 Å². The first-order valence-corrected chi connectivity index (χ1v) is 13.1. The quantitative estimate of drug-likeness (QED) is 0.463. The first kappa shape index (κ1) is 26.9. The second-order valence-corrected chi connectivity index (χ2v) is 10.3. The third-order valence-corrected chi connectivity index (χ3v) is 7.20. The summed E-state index contributed by atoms with van der Waals surface area (Å²) in [6.07, 6.45) is 8.23. The fourth-order valence-corrected chi connectivity index (χ4v) is 5.02. The summed E-state index contributed by atoms with van der Waals surface area (Å²) < 4.78 is 13.1. The number of rotatable bonds is 10. The fourth-order valence-electron chi connectivity index (χ4n) is 5.02. The van der Waals surface area contributed by atoms with Crippen molar-refractivity contribution in [2.45, 2.75) is 84.7 Å². The molecule has 1 aliphatic carbocycles. The summed E-state index contributed by atoms with van der Waals surface area (Å²) in [6, 6.07) is 4.10. The van der Waals surface area contributed by atoms with Crippen molar-refractivity contribution in [3.8, 4) is 11.5 Å². The van der Waals surface area contributed by atoms with Crippen LogP contribution in [0.1, 0.15) is 81.3 Å². The molecule has 0 saturated heterocycles. The number of ether oxygens (including phenoxy) is 2. The Balaban J connectivity index is 1.92. The second-order valence-electron chi connectivity index (χ2n) is 10.3. The number of benzene rings is 1. The zero-order valence-electron chi connectivity index (χ0n) is 22.4. The van der Waals surface area contributed by atoms with Crippen LogP contribution in [0.2, 0.25) is 0 Å². The van der Waals surface area contributed by atoms with Crippen LogP contribution in [0, 0.1) is 12.8 Å². The van der Waals surface area contributed by atoms with Crippen molar-refractivity contribution >= 4 is 22.7 Å². The Hall–Kier alpha value is -2.70. The molecular weight excluding hydrogens is 442 g/mol. The van der Waals surface area contributed by atoms with E-state index in [9.17, 15) is 9.59 Å². The van der Waals surface area contributed by atoms with Gasteiger partial charge >= 0.3 is 0 Å². The number of methoxy groups -OCH3 is 2. The highest BCUT2D eigenvalue weighted by Gasteiger charge is 2.25. The average molecular weight is 486 g/mol. The van der Waals surface area contributed by atoms with E-state index in [-0.39, 0.29) is 17.9 Å². The van der Waals surface area contributed by atoms with Gasteiger partial charge in [0.25, 0.3) is 5.91 Å². The van der Waals surface area contributed by atoms with E-state index >= 15 is 0 Å². The predicted molar refractivity (Wildman–Crippen MR) is 140 cm³/mol. The summed E-state index contributed by atoms with van der Waals surface area (Å²) in [6.45, 7) is 7.40. The number of hydrogen-bond donors (Lipinski definition) is 1. The monoisotopic (exact) mass is 485 g/mol. The minimum absolute atomic E-state index is 0.0264. The Morgan fingerprint density at radius 2 is 1.71 bits per heavy atom. The number of fused-ring (bicyclic) bond motifs is 1. The largest absolute Gasteiger partial charge is 0.493 e. The third kappa shape index (κ3) is 6.50. The molecule has 0 bridgehead atoms. The highest BCUT2D eigenvalue weighted by molar-refractivity contribution is 6.02. The average Bonchev–Trinajstić information content (AvgIpc) is 2.98. The molecule has 7 nitrogen and oxygen atoms in total. The van der Waals surface area contributed by atoms with Gasteiger partial charge in [0.15, 0.2) is 11.5 Å². The van der Waals surface area contributed by atoms with Crippen LogP contribution in [-0.4, -0.2) is 55.1 Å².